The van der Waals surface area contributed by atoms with E-state index in [1.807, 2.05) is 0 Å². The predicted octanol–water partition coefficient (Wildman–Crippen LogP) is 2.77. The van der Waals surface area contributed by atoms with Crippen molar-refractivity contribution in [2.75, 3.05) is 12.3 Å². The molecule has 0 aromatic heterocycles. The van der Waals surface area contributed by atoms with E-state index in [1.165, 1.54) is 12.1 Å². The summed E-state index contributed by atoms with van der Waals surface area (Å²) in [4.78, 5) is 10.8. The first-order chi connectivity index (χ1) is 12.5. The molecule has 1 aromatic carbocycles. The van der Waals surface area contributed by atoms with Crippen molar-refractivity contribution in [3.8, 4) is 0 Å². The molecule has 2 rings (SSSR count). The van der Waals surface area contributed by atoms with E-state index in [9.17, 15) is 31.5 Å². The van der Waals surface area contributed by atoms with Crippen molar-refractivity contribution in [3.05, 3.63) is 29.8 Å². The number of carbonyl (C=O) groups excluding carboxylic acids is 1. The molecule has 2 N–H and O–H groups in total. The first-order valence-electron chi connectivity index (χ1n) is 8.91. The van der Waals surface area contributed by atoms with Crippen LogP contribution in [0.3, 0.4) is 0 Å². The molecule has 1 aromatic rings. The Morgan fingerprint density at radius 3 is 2.48 bits per heavy atom. The number of hydrogen-bond acceptors (Lipinski definition) is 4. The lowest BCUT2D eigenvalue weighted by Gasteiger charge is -2.31. The standard InChI is InChI=1S/C18H24F3NO4S/c19-18(20,21)16(23)22-11-5-7-14-6-4-8-15(12-14)27(25,26)13-17(24)9-2-1-3-10-17/h4,6,8,12,24H,1-3,5,7,9-11,13H2,(H,22,23). The number of nitrogens with one attached hydrogen (secondary N) is 1. The summed E-state index contributed by atoms with van der Waals surface area (Å²) in [5, 5.41) is 12.3. The molecule has 0 unspecified atom stereocenters. The maximum absolute atomic E-state index is 12.6. The summed E-state index contributed by atoms with van der Waals surface area (Å²) >= 11 is 0. The number of aryl methyl sites for hydroxylation is 1. The van der Waals surface area contributed by atoms with Gasteiger partial charge in [0.05, 0.1) is 16.2 Å². The van der Waals surface area contributed by atoms with Crippen LogP contribution in [0.5, 0.6) is 0 Å². The molecule has 0 saturated heterocycles. The Kier molecular flexibility index (Phi) is 6.91. The number of hydrogen-bond donors (Lipinski definition) is 2. The highest BCUT2D eigenvalue weighted by molar-refractivity contribution is 7.91. The van der Waals surface area contributed by atoms with Crippen molar-refractivity contribution >= 4 is 15.7 Å². The van der Waals surface area contributed by atoms with Crippen LogP contribution in [0.2, 0.25) is 0 Å². The highest BCUT2D eigenvalue weighted by Gasteiger charge is 2.38. The van der Waals surface area contributed by atoms with Gasteiger partial charge in [-0.2, -0.15) is 13.2 Å². The number of rotatable bonds is 7. The molecule has 152 valence electrons. The normalized spacial score (nSPS) is 17.5. The van der Waals surface area contributed by atoms with Crippen LogP contribution in [0.25, 0.3) is 0 Å². The zero-order valence-corrected chi connectivity index (χ0v) is 15.7. The summed E-state index contributed by atoms with van der Waals surface area (Å²) in [6.07, 6.45) is -0.821. The fourth-order valence-electron chi connectivity index (χ4n) is 3.28. The lowest BCUT2D eigenvalue weighted by molar-refractivity contribution is -0.173. The third-order valence-electron chi connectivity index (χ3n) is 4.69. The Balaban J connectivity index is 1.95. The summed E-state index contributed by atoms with van der Waals surface area (Å²) in [6, 6.07) is 6.19. The molecule has 0 radical (unpaired) electrons. The zero-order valence-electron chi connectivity index (χ0n) is 14.9. The lowest BCUT2D eigenvalue weighted by atomic mass is 9.86. The first-order valence-corrected chi connectivity index (χ1v) is 10.6. The molecule has 9 heteroatoms. The minimum atomic E-state index is -4.91. The van der Waals surface area contributed by atoms with Gasteiger partial charge in [-0.25, -0.2) is 8.42 Å². The van der Waals surface area contributed by atoms with Gasteiger partial charge in [0.2, 0.25) is 0 Å². The summed E-state index contributed by atoms with van der Waals surface area (Å²) in [7, 11) is -3.67. The van der Waals surface area contributed by atoms with Gasteiger partial charge in [-0.05, 0) is 43.4 Å². The van der Waals surface area contributed by atoms with Gasteiger partial charge in [-0.15, -0.1) is 0 Å². The van der Waals surface area contributed by atoms with E-state index in [2.05, 4.69) is 0 Å². The van der Waals surface area contributed by atoms with E-state index in [4.69, 9.17) is 0 Å². The third-order valence-corrected chi connectivity index (χ3v) is 6.58. The highest BCUT2D eigenvalue weighted by atomic mass is 32.2. The average molecular weight is 407 g/mol. The Morgan fingerprint density at radius 1 is 1.19 bits per heavy atom. The van der Waals surface area contributed by atoms with Gasteiger partial charge in [0.15, 0.2) is 9.84 Å². The van der Waals surface area contributed by atoms with Crippen LogP contribution in [-0.2, 0) is 21.1 Å². The first kappa shape index (κ1) is 21.7. The van der Waals surface area contributed by atoms with Gasteiger partial charge < -0.3 is 10.4 Å². The molecule has 0 bridgehead atoms. The minimum Gasteiger partial charge on any atom is -0.389 e. The topological polar surface area (TPSA) is 83.5 Å². The van der Waals surface area contributed by atoms with Crippen LogP contribution < -0.4 is 5.32 Å². The van der Waals surface area contributed by atoms with Crippen molar-refractivity contribution in [3.63, 3.8) is 0 Å². The van der Waals surface area contributed by atoms with Crippen molar-refractivity contribution in [2.24, 2.45) is 0 Å². The number of alkyl halides is 3. The van der Waals surface area contributed by atoms with Gasteiger partial charge in [0.25, 0.3) is 0 Å². The van der Waals surface area contributed by atoms with Crippen LogP contribution in [0.4, 0.5) is 13.2 Å². The fraction of sp³-hybridized carbons (Fsp3) is 0.611. The molecular weight excluding hydrogens is 383 g/mol. The minimum absolute atomic E-state index is 0.0957. The molecule has 1 aliphatic carbocycles. The van der Waals surface area contributed by atoms with Crippen molar-refractivity contribution in [1.82, 2.24) is 5.32 Å². The molecule has 27 heavy (non-hydrogen) atoms. The van der Waals surface area contributed by atoms with Crippen LogP contribution in [0.1, 0.15) is 44.1 Å². The lowest BCUT2D eigenvalue weighted by Crippen LogP contribution is -2.39. The second kappa shape index (κ2) is 8.60. The third kappa shape index (κ3) is 6.49. The van der Waals surface area contributed by atoms with Crippen LogP contribution in [-0.4, -0.2) is 43.5 Å². The quantitative estimate of drug-likeness (QED) is 0.681. The van der Waals surface area contributed by atoms with Crippen molar-refractivity contribution < 1.29 is 31.5 Å². The van der Waals surface area contributed by atoms with E-state index in [-0.39, 0.29) is 23.6 Å². The van der Waals surface area contributed by atoms with Gasteiger partial charge in [0, 0.05) is 6.54 Å². The molecule has 5 nitrogen and oxygen atoms in total. The maximum Gasteiger partial charge on any atom is 0.471 e. The van der Waals surface area contributed by atoms with Crippen molar-refractivity contribution in [1.29, 1.82) is 0 Å². The van der Waals surface area contributed by atoms with E-state index >= 15 is 0 Å². The number of carbonyl (C=O) groups is 1. The number of amides is 1. The van der Waals surface area contributed by atoms with E-state index in [0.717, 1.165) is 19.3 Å². The highest BCUT2D eigenvalue weighted by Crippen LogP contribution is 2.31. The number of halogens is 3. The molecule has 1 amide bonds. The maximum atomic E-state index is 12.6. The summed E-state index contributed by atoms with van der Waals surface area (Å²) < 4.78 is 61.6. The van der Waals surface area contributed by atoms with Crippen LogP contribution >= 0.6 is 0 Å². The fourth-order valence-corrected chi connectivity index (χ4v) is 5.06. The molecule has 0 aliphatic heterocycles. The van der Waals surface area contributed by atoms with Gasteiger partial charge in [0.1, 0.15) is 0 Å². The molecule has 0 spiro atoms. The second-order valence-corrected chi connectivity index (χ2v) is 9.04. The number of aliphatic hydroxyl groups is 1. The summed E-state index contributed by atoms with van der Waals surface area (Å²) in [5.41, 5.74) is -0.553. The smallest absolute Gasteiger partial charge is 0.389 e. The van der Waals surface area contributed by atoms with Crippen LogP contribution in [0, 0.1) is 0 Å². The number of benzene rings is 1. The Morgan fingerprint density at radius 2 is 1.85 bits per heavy atom. The van der Waals surface area contributed by atoms with E-state index in [1.54, 1.807) is 17.4 Å². The Bertz CT molecular complexity index is 756. The predicted molar refractivity (Wildman–Crippen MR) is 93.9 cm³/mol. The molecule has 1 aliphatic rings. The second-order valence-electron chi connectivity index (χ2n) is 7.05. The zero-order chi connectivity index (χ0) is 20.1. The average Bonchev–Trinajstić information content (AvgIpc) is 2.57. The van der Waals surface area contributed by atoms with Crippen LogP contribution in [0.15, 0.2) is 29.2 Å². The van der Waals surface area contributed by atoms with E-state index < -0.39 is 27.5 Å². The van der Waals surface area contributed by atoms with Gasteiger partial charge >= 0.3 is 12.1 Å². The summed E-state index contributed by atoms with van der Waals surface area (Å²) in [6.45, 7) is -0.158. The number of sulfone groups is 1. The molecule has 1 fully saturated rings. The van der Waals surface area contributed by atoms with Crippen molar-refractivity contribution in [2.45, 2.75) is 61.6 Å². The summed E-state index contributed by atoms with van der Waals surface area (Å²) in [5.74, 6) is -2.31. The van der Waals surface area contributed by atoms with Gasteiger partial charge in [-0.1, -0.05) is 31.4 Å². The molecule has 0 heterocycles. The SMILES string of the molecule is O=C(NCCCc1cccc(S(=O)(=O)CC2(O)CCCCC2)c1)C(F)(F)F. The van der Waals surface area contributed by atoms with Gasteiger partial charge in [-0.3, -0.25) is 4.79 Å². The molecular formula is C18H24F3NO4S. The molecule has 0 atom stereocenters. The monoisotopic (exact) mass is 407 g/mol. The van der Waals surface area contributed by atoms with E-state index in [0.29, 0.717) is 24.8 Å². The largest absolute Gasteiger partial charge is 0.471 e. The Hall–Kier alpha value is -1.61. The Labute approximate surface area is 156 Å². The molecule has 1 saturated carbocycles.